The van der Waals surface area contributed by atoms with Crippen LogP contribution >= 0.6 is 0 Å². The first-order valence-electron chi connectivity index (χ1n) is 7.13. The molecule has 1 aromatic rings. The molecule has 0 heterocycles. The predicted molar refractivity (Wildman–Crippen MR) is 73.4 cm³/mol. The molecule has 98 valence electrons. The van der Waals surface area contributed by atoms with Crippen LogP contribution in [0.2, 0.25) is 0 Å². The highest BCUT2D eigenvalue weighted by atomic mass is 16.5. The zero-order valence-corrected chi connectivity index (χ0v) is 11.2. The molecule has 1 saturated carbocycles. The van der Waals surface area contributed by atoms with Gasteiger partial charge in [0.2, 0.25) is 0 Å². The molecule has 0 N–H and O–H groups in total. The third kappa shape index (κ3) is 1.29. The van der Waals surface area contributed by atoms with Gasteiger partial charge in [0.25, 0.3) is 0 Å². The molecule has 1 aromatic carbocycles. The molecule has 1 fully saturated rings. The van der Waals surface area contributed by atoms with Crippen LogP contribution in [0.25, 0.3) is 0 Å². The zero-order chi connectivity index (χ0) is 13.0. The molecule has 0 saturated heterocycles. The Balaban J connectivity index is 1.98. The average Bonchev–Trinajstić information content (AvgIpc) is 3.04. The number of methoxy groups -OCH3 is 1. The second kappa shape index (κ2) is 3.72. The van der Waals surface area contributed by atoms with E-state index in [2.05, 4.69) is 12.1 Å². The van der Waals surface area contributed by atoms with E-state index in [4.69, 9.17) is 4.74 Å². The maximum Gasteiger partial charge on any atom is 0.144 e. The number of hydrogen-bond acceptors (Lipinski definition) is 2. The highest BCUT2D eigenvalue weighted by Gasteiger charge is 2.56. The van der Waals surface area contributed by atoms with Crippen molar-refractivity contribution >= 4 is 5.78 Å². The monoisotopic (exact) mass is 254 g/mol. The molecule has 19 heavy (non-hydrogen) atoms. The predicted octanol–water partition coefficient (Wildman–Crippen LogP) is 3.19. The Labute approximate surface area is 113 Å². The molecule has 2 nitrogen and oxygen atoms in total. The lowest BCUT2D eigenvalue weighted by Crippen LogP contribution is -2.44. The summed E-state index contributed by atoms with van der Waals surface area (Å²) in [6.45, 7) is 0. The van der Waals surface area contributed by atoms with Crippen molar-refractivity contribution in [3.05, 3.63) is 41.0 Å². The lowest BCUT2D eigenvalue weighted by Gasteiger charge is -2.40. The number of benzene rings is 1. The van der Waals surface area contributed by atoms with Gasteiger partial charge >= 0.3 is 0 Å². The van der Waals surface area contributed by atoms with E-state index in [9.17, 15) is 4.79 Å². The number of hydrogen-bond donors (Lipinski definition) is 0. The lowest BCUT2D eigenvalue weighted by molar-refractivity contribution is -0.126. The molecule has 2 atom stereocenters. The summed E-state index contributed by atoms with van der Waals surface area (Å²) in [5.74, 6) is 1.83. The molecule has 0 aliphatic heterocycles. The fourth-order valence-corrected chi connectivity index (χ4v) is 4.51. The molecular formula is C17H18O2. The summed E-state index contributed by atoms with van der Waals surface area (Å²) >= 11 is 0. The van der Waals surface area contributed by atoms with Crippen molar-refractivity contribution in [2.75, 3.05) is 7.11 Å². The third-order valence-corrected chi connectivity index (χ3v) is 5.30. The minimum absolute atomic E-state index is 0.260. The molecule has 1 spiro atoms. The maximum absolute atomic E-state index is 12.8. The van der Waals surface area contributed by atoms with E-state index in [1.165, 1.54) is 16.7 Å². The van der Waals surface area contributed by atoms with Crippen molar-refractivity contribution in [1.82, 2.24) is 0 Å². The first-order chi connectivity index (χ1) is 9.25. The summed E-state index contributed by atoms with van der Waals surface area (Å²) in [5.41, 5.74) is 3.76. The van der Waals surface area contributed by atoms with Crippen LogP contribution in [0.1, 0.15) is 36.8 Å². The van der Waals surface area contributed by atoms with Gasteiger partial charge in [0.15, 0.2) is 0 Å². The Morgan fingerprint density at radius 1 is 1.32 bits per heavy atom. The van der Waals surface area contributed by atoms with Crippen molar-refractivity contribution in [2.24, 2.45) is 5.92 Å². The Morgan fingerprint density at radius 2 is 2.21 bits per heavy atom. The summed E-state index contributed by atoms with van der Waals surface area (Å²) in [6.07, 6.45) is 7.03. The van der Waals surface area contributed by atoms with Crippen LogP contribution in [-0.4, -0.2) is 12.9 Å². The number of carbonyl (C=O) groups is 1. The second-order valence-corrected chi connectivity index (χ2v) is 6.06. The van der Waals surface area contributed by atoms with Crippen molar-refractivity contribution in [1.29, 1.82) is 0 Å². The molecule has 0 aromatic heterocycles. The van der Waals surface area contributed by atoms with Crippen LogP contribution < -0.4 is 4.74 Å². The van der Waals surface area contributed by atoms with Gasteiger partial charge in [-0.15, -0.1) is 0 Å². The molecule has 4 rings (SSSR count). The fraction of sp³-hybridized carbons (Fsp3) is 0.471. The van der Waals surface area contributed by atoms with Gasteiger partial charge < -0.3 is 4.74 Å². The Bertz CT molecular complexity index is 585. The van der Waals surface area contributed by atoms with Gasteiger partial charge in [-0.2, -0.15) is 0 Å². The van der Waals surface area contributed by atoms with Crippen LogP contribution in [0.5, 0.6) is 5.75 Å². The van der Waals surface area contributed by atoms with E-state index >= 15 is 0 Å². The Morgan fingerprint density at radius 3 is 2.89 bits per heavy atom. The topological polar surface area (TPSA) is 26.3 Å². The van der Waals surface area contributed by atoms with Gasteiger partial charge in [-0.25, -0.2) is 0 Å². The van der Waals surface area contributed by atoms with Gasteiger partial charge in [0.1, 0.15) is 11.5 Å². The number of Topliss-reactive ketones (excluding diaryl/α,β-unsaturated/α-hetero) is 1. The van der Waals surface area contributed by atoms with Crippen molar-refractivity contribution in [3.63, 3.8) is 0 Å². The van der Waals surface area contributed by atoms with Gasteiger partial charge in [-0.1, -0.05) is 23.8 Å². The molecule has 3 aliphatic carbocycles. The molecule has 2 bridgehead atoms. The van der Waals surface area contributed by atoms with E-state index in [-0.39, 0.29) is 5.41 Å². The first kappa shape index (κ1) is 11.3. The third-order valence-electron chi connectivity index (χ3n) is 5.30. The first-order valence-corrected chi connectivity index (χ1v) is 7.13. The molecular weight excluding hydrogens is 236 g/mol. The van der Waals surface area contributed by atoms with Gasteiger partial charge in [0.05, 0.1) is 12.5 Å². The number of allylic oxidation sites excluding steroid dienone is 2. The smallest absolute Gasteiger partial charge is 0.144 e. The average molecular weight is 254 g/mol. The fourth-order valence-electron chi connectivity index (χ4n) is 4.51. The van der Waals surface area contributed by atoms with Crippen molar-refractivity contribution in [2.45, 2.75) is 37.5 Å². The zero-order valence-electron chi connectivity index (χ0n) is 11.2. The highest BCUT2D eigenvalue weighted by molar-refractivity contribution is 5.95. The Kier molecular flexibility index (Phi) is 2.21. The maximum atomic E-state index is 12.8. The summed E-state index contributed by atoms with van der Waals surface area (Å²) in [7, 11) is 1.72. The number of aryl methyl sites for hydroxylation is 1. The molecule has 0 radical (unpaired) electrons. The lowest BCUT2D eigenvalue weighted by atomic mass is 9.61. The van der Waals surface area contributed by atoms with Crippen molar-refractivity contribution in [3.8, 4) is 5.75 Å². The Hall–Kier alpha value is -1.57. The summed E-state index contributed by atoms with van der Waals surface area (Å²) in [5, 5.41) is 0. The quantitative estimate of drug-likeness (QED) is 0.719. The van der Waals surface area contributed by atoms with E-state index in [1.54, 1.807) is 7.11 Å². The number of ether oxygens (including phenoxy) is 1. The van der Waals surface area contributed by atoms with Crippen LogP contribution in [0.3, 0.4) is 0 Å². The van der Waals surface area contributed by atoms with E-state index in [0.717, 1.165) is 31.4 Å². The van der Waals surface area contributed by atoms with E-state index in [0.29, 0.717) is 18.1 Å². The molecule has 2 heteroatoms. The summed E-state index contributed by atoms with van der Waals surface area (Å²) < 4.78 is 5.58. The van der Waals surface area contributed by atoms with E-state index < -0.39 is 0 Å². The van der Waals surface area contributed by atoms with Crippen LogP contribution in [-0.2, 0) is 16.6 Å². The minimum Gasteiger partial charge on any atom is -0.496 e. The number of ketones is 1. The number of rotatable bonds is 1. The second-order valence-electron chi connectivity index (χ2n) is 6.06. The molecule has 3 aliphatic rings. The number of carbonyl (C=O) groups excluding carboxylic acids is 1. The SMILES string of the molecule is COc1cccc2c1C1(CC3=CCC1C3)C(=O)CC2. The largest absolute Gasteiger partial charge is 0.496 e. The standard InChI is InChI=1S/C17H18O2/c1-19-14-4-2-3-12-6-8-15(18)17(16(12)14)10-11-5-7-13(17)9-11/h2-5,13H,6-10H2,1H3. The summed E-state index contributed by atoms with van der Waals surface area (Å²) in [4.78, 5) is 12.8. The van der Waals surface area contributed by atoms with E-state index in [1.807, 2.05) is 12.1 Å². The molecule has 0 amide bonds. The van der Waals surface area contributed by atoms with Crippen LogP contribution in [0.15, 0.2) is 29.8 Å². The van der Waals surface area contributed by atoms with Crippen LogP contribution in [0, 0.1) is 5.92 Å². The normalized spacial score (nSPS) is 31.5. The molecule has 2 unspecified atom stereocenters. The highest BCUT2D eigenvalue weighted by Crippen LogP contribution is 2.59. The van der Waals surface area contributed by atoms with Crippen molar-refractivity contribution < 1.29 is 9.53 Å². The summed E-state index contributed by atoms with van der Waals surface area (Å²) in [6, 6.07) is 6.24. The number of fused-ring (bicyclic) bond motifs is 5. The van der Waals surface area contributed by atoms with Gasteiger partial charge in [-0.3, -0.25) is 4.79 Å². The van der Waals surface area contributed by atoms with Crippen LogP contribution in [0.4, 0.5) is 0 Å². The minimum atomic E-state index is -0.260. The van der Waals surface area contributed by atoms with Gasteiger partial charge in [0, 0.05) is 12.0 Å². The van der Waals surface area contributed by atoms with Gasteiger partial charge in [-0.05, 0) is 43.2 Å².